The van der Waals surface area contributed by atoms with E-state index >= 15 is 0 Å². The fourth-order valence-corrected chi connectivity index (χ4v) is 3.23. The minimum Gasteiger partial charge on any atom is -0.373 e. The molecule has 3 atom stereocenters. The fraction of sp³-hybridized carbons (Fsp3) is 1.00. The molecule has 0 aliphatic carbocycles. The van der Waals surface area contributed by atoms with Crippen molar-refractivity contribution in [2.75, 3.05) is 19.8 Å². The lowest BCUT2D eigenvalue weighted by atomic mass is 9.77. The smallest absolute Gasteiger partial charge is 0.0965 e. The summed E-state index contributed by atoms with van der Waals surface area (Å²) in [6, 6.07) is 0.556. The summed E-state index contributed by atoms with van der Waals surface area (Å²) in [5.74, 6) is 0. The zero-order chi connectivity index (χ0) is 13.6. The first-order valence-electron chi connectivity index (χ1n) is 7.19. The van der Waals surface area contributed by atoms with Crippen molar-refractivity contribution in [3.8, 4) is 0 Å². The minimum absolute atomic E-state index is 0.184. The van der Waals surface area contributed by atoms with Crippen LogP contribution in [0.25, 0.3) is 0 Å². The Morgan fingerprint density at radius 2 is 1.44 bits per heavy atom. The third-order valence-corrected chi connectivity index (χ3v) is 4.23. The molecule has 2 rings (SSSR count). The van der Waals surface area contributed by atoms with Crippen molar-refractivity contribution in [1.82, 2.24) is 4.90 Å². The predicted octanol–water partition coefficient (Wildman–Crippen LogP) is 2.69. The summed E-state index contributed by atoms with van der Waals surface area (Å²) in [5.41, 5.74) is 0.461. The van der Waals surface area contributed by atoms with Crippen molar-refractivity contribution in [1.29, 1.82) is 0 Å². The molecule has 18 heavy (non-hydrogen) atoms. The molecule has 2 aliphatic heterocycles. The van der Waals surface area contributed by atoms with Crippen molar-refractivity contribution in [3.63, 3.8) is 0 Å². The van der Waals surface area contributed by atoms with Gasteiger partial charge in [0, 0.05) is 18.1 Å². The highest BCUT2D eigenvalue weighted by atomic mass is 16.6. The second-order valence-corrected chi connectivity index (χ2v) is 7.76. The molecule has 3 heteroatoms. The minimum atomic E-state index is 0.184. The van der Waals surface area contributed by atoms with Gasteiger partial charge in [-0.25, -0.2) is 0 Å². The molecule has 0 saturated carbocycles. The van der Waals surface area contributed by atoms with E-state index in [1.165, 1.54) is 0 Å². The number of likely N-dealkylation sites (tertiary alicyclic amines) is 1. The molecule has 3 unspecified atom stereocenters. The standard InChI is InChI=1S/C15H29NO2/c1-14(2,3)13-9-11-12(18-8-7-17-11)10-16(13)15(4,5)6/h11-13H,7-10H2,1-6H3. The number of hydrogen-bond donors (Lipinski definition) is 0. The number of piperidine rings is 1. The molecule has 0 aromatic heterocycles. The molecule has 2 aliphatic rings. The largest absolute Gasteiger partial charge is 0.373 e. The molecule has 0 radical (unpaired) electrons. The number of nitrogens with zero attached hydrogens (tertiary/aromatic N) is 1. The first-order chi connectivity index (χ1) is 8.19. The van der Waals surface area contributed by atoms with E-state index in [-0.39, 0.29) is 17.1 Å². The van der Waals surface area contributed by atoms with Crippen LogP contribution < -0.4 is 0 Å². The number of hydrogen-bond acceptors (Lipinski definition) is 3. The maximum atomic E-state index is 5.92. The molecule has 2 saturated heterocycles. The van der Waals surface area contributed by atoms with Crippen LogP contribution in [-0.2, 0) is 9.47 Å². The molecule has 2 heterocycles. The van der Waals surface area contributed by atoms with Gasteiger partial charge in [-0.15, -0.1) is 0 Å². The maximum absolute atomic E-state index is 5.92. The SMILES string of the molecule is CC(C)(C)C1CC2OCCOC2CN1C(C)(C)C. The van der Waals surface area contributed by atoms with Crippen molar-refractivity contribution in [2.45, 2.75) is 71.8 Å². The average Bonchev–Trinajstić information content (AvgIpc) is 2.25. The molecule has 0 N–H and O–H groups in total. The molecular weight excluding hydrogens is 226 g/mol. The van der Waals surface area contributed by atoms with E-state index in [1.807, 2.05) is 0 Å². The van der Waals surface area contributed by atoms with Crippen molar-refractivity contribution in [2.24, 2.45) is 5.41 Å². The van der Waals surface area contributed by atoms with Crippen LogP contribution in [0.1, 0.15) is 48.0 Å². The molecule has 0 amide bonds. The highest BCUT2D eigenvalue weighted by molar-refractivity contribution is 4.99. The monoisotopic (exact) mass is 255 g/mol. The molecule has 2 fully saturated rings. The predicted molar refractivity (Wildman–Crippen MR) is 73.8 cm³/mol. The Balaban J connectivity index is 2.20. The van der Waals surface area contributed by atoms with E-state index in [0.717, 1.165) is 26.2 Å². The highest BCUT2D eigenvalue weighted by Crippen LogP contribution is 2.38. The topological polar surface area (TPSA) is 21.7 Å². The van der Waals surface area contributed by atoms with Crippen LogP contribution in [0.2, 0.25) is 0 Å². The average molecular weight is 255 g/mol. The summed E-state index contributed by atoms with van der Waals surface area (Å²) in [6.07, 6.45) is 1.64. The molecule has 3 nitrogen and oxygen atoms in total. The first-order valence-corrected chi connectivity index (χ1v) is 7.19. The zero-order valence-corrected chi connectivity index (χ0v) is 12.8. The summed E-state index contributed by atoms with van der Waals surface area (Å²) >= 11 is 0. The molecule has 0 aromatic rings. The molecule has 0 bridgehead atoms. The lowest BCUT2D eigenvalue weighted by Crippen LogP contribution is -2.64. The van der Waals surface area contributed by atoms with E-state index in [1.54, 1.807) is 0 Å². The van der Waals surface area contributed by atoms with Crippen molar-refractivity contribution in [3.05, 3.63) is 0 Å². The van der Waals surface area contributed by atoms with Gasteiger partial charge in [0.05, 0.1) is 25.4 Å². The Kier molecular flexibility index (Phi) is 3.79. The van der Waals surface area contributed by atoms with Gasteiger partial charge in [-0.2, -0.15) is 0 Å². The van der Waals surface area contributed by atoms with E-state index in [4.69, 9.17) is 9.47 Å². The Morgan fingerprint density at radius 3 is 1.94 bits per heavy atom. The van der Waals surface area contributed by atoms with Gasteiger partial charge in [0.2, 0.25) is 0 Å². The van der Waals surface area contributed by atoms with Gasteiger partial charge in [0.25, 0.3) is 0 Å². The third-order valence-electron chi connectivity index (χ3n) is 4.23. The van der Waals surface area contributed by atoms with Crippen LogP contribution in [0.15, 0.2) is 0 Å². The third kappa shape index (κ3) is 2.89. The first kappa shape index (κ1) is 14.3. The maximum Gasteiger partial charge on any atom is 0.0965 e. The van der Waals surface area contributed by atoms with Gasteiger partial charge < -0.3 is 9.47 Å². The second-order valence-electron chi connectivity index (χ2n) is 7.76. The summed E-state index contributed by atoms with van der Waals surface area (Å²) in [6.45, 7) is 16.4. The summed E-state index contributed by atoms with van der Waals surface area (Å²) in [7, 11) is 0. The fourth-order valence-electron chi connectivity index (χ4n) is 3.23. The Hall–Kier alpha value is -0.120. The quantitative estimate of drug-likeness (QED) is 0.664. The van der Waals surface area contributed by atoms with Gasteiger partial charge in [-0.3, -0.25) is 4.90 Å². The zero-order valence-electron chi connectivity index (χ0n) is 12.8. The van der Waals surface area contributed by atoms with Gasteiger partial charge in [0.1, 0.15) is 0 Å². The Morgan fingerprint density at radius 1 is 0.889 bits per heavy atom. The molecule has 106 valence electrons. The van der Waals surface area contributed by atoms with Gasteiger partial charge in [-0.1, -0.05) is 20.8 Å². The molecule has 0 spiro atoms. The second kappa shape index (κ2) is 4.77. The lowest BCUT2D eigenvalue weighted by molar-refractivity contribution is -0.194. The Labute approximate surface area is 112 Å². The lowest BCUT2D eigenvalue weighted by Gasteiger charge is -2.54. The normalized spacial score (nSPS) is 35.3. The van der Waals surface area contributed by atoms with Gasteiger partial charge in [-0.05, 0) is 32.6 Å². The van der Waals surface area contributed by atoms with Crippen molar-refractivity contribution >= 4 is 0 Å². The number of ether oxygens (including phenoxy) is 2. The van der Waals surface area contributed by atoms with Gasteiger partial charge >= 0.3 is 0 Å². The van der Waals surface area contributed by atoms with Crippen LogP contribution in [0, 0.1) is 5.41 Å². The molecule has 0 aromatic carbocycles. The van der Waals surface area contributed by atoms with E-state index in [0.29, 0.717) is 12.1 Å². The van der Waals surface area contributed by atoms with Crippen LogP contribution in [0.3, 0.4) is 0 Å². The van der Waals surface area contributed by atoms with Gasteiger partial charge in [0.15, 0.2) is 0 Å². The summed E-state index contributed by atoms with van der Waals surface area (Å²) in [5, 5.41) is 0. The molecular formula is C15H29NO2. The van der Waals surface area contributed by atoms with Crippen LogP contribution in [0.5, 0.6) is 0 Å². The Bertz CT molecular complexity index is 260. The van der Waals surface area contributed by atoms with Crippen LogP contribution in [-0.4, -0.2) is 48.4 Å². The number of rotatable bonds is 0. The number of fused-ring (bicyclic) bond motifs is 1. The van der Waals surface area contributed by atoms with E-state index in [2.05, 4.69) is 46.4 Å². The van der Waals surface area contributed by atoms with Crippen molar-refractivity contribution < 1.29 is 9.47 Å². The van der Waals surface area contributed by atoms with E-state index < -0.39 is 0 Å². The van der Waals surface area contributed by atoms with E-state index in [9.17, 15) is 0 Å². The summed E-state index contributed by atoms with van der Waals surface area (Å²) < 4.78 is 11.8. The summed E-state index contributed by atoms with van der Waals surface area (Å²) in [4.78, 5) is 2.61. The highest BCUT2D eigenvalue weighted by Gasteiger charge is 2.46. The van der Waals surface area contributed by atoms with Crippen LogP contribution in [0.4, 0.5) is 0 Å². The van der Waals surface area contributed by atoms with Crippen LogP contribution >= 0.6 is 0 Å².